The average molecular weight is 456 g/mol. The number of urea groups is 1. The first kappa shape index (κ1) is 24.7. The molecule has 2 amide bonds. The number of ether oxygens (including phenoxy) is 3. The Morgan fingerprint density at radius 1 is 1.03 bits per heavy atom. The van der Waals surface area contributed by atoms with Crippen LogP contribution in [0.4, 0.5) is 10.5 Å². The number of nitrogens with one attached hydrogen (secondary N) is 1. The van der Waals surface area contributed by atoms with Crippen LogP contribution in [0.1, 0.15) is 38.2 Å². The molecule has 1 heterocycles. The van der Waals surface area contributed by atoms with Gasteiger partial charge < -0.3 is 29.3 Å². The van der Waals surface area contributed by atoms with Gasteiger partial charge in [-0.3, -0.25) is 0 Å². The first-order chi connectivity index (χ1) is 16.0. The Hall–Kier alpha value is -2.93. The van der Waals surface area contributed by atoms with Crippen molar-refractivity contribution in [1.29, 1.82) is 0 Å². The van der Waals surface area contributed by atoms with E-state index in [2.05, 4.69) is 17.1 Å². The van der Waals surface area contributed by atoms with Gasteiger partial charge in [0.1, 0.15) is 5.75 Å². The minimum Gasteiger partial charge on any atom is -0.495 e. The van der Waals surface area contributed by atoms with Gasteiger partial charge in [-0.25, -0.2) is 4.79 Å². The number of hydrogen-bond donors (Lipinski definition) is 1. The Balaban J connectivity index is 1.72. The van der Waals surface area contributed by atoms with Gasteiger partial charge in [0.05, 0.1) is 27.0 Å². The molecular formula is C26H37N3O4. The Labute approximate surface area is 197 Å². The summed E-state index contributed by atoms with van der Waals surface area (Å²) in [4.78, 5) is 17.7. The Kier molecular flexibility index (Phi) is 9.24. The normalized spacial score (nSPS) is 16.2. The number of piperidine rings is 1. The molecule has 180 valence electrons. The number of methoxy groups -OCH3 is 3. The molecule has 2 aromatic carbocycles. The van der Waals surface area contributed by atoms with Gasteiger partial charge in [-0.2, -0.15) is 0 Å². The zero-order chi connectivity index (χ0) is 23.6. The van der Waals surface area contributed by atoms with E-state index >= 15 is 0 Å². The summed E-state index contributed by atoms with van der Waals surface area (Å²) in [6.07, 6.45) is 4.74. The summed E-state index contributed by atoms with van der Waals surface area (Å²) in [5.41, 5.74) is 1.64. The lowest BCUT2D eigenvalue weighted by Crippen LogP contribution is -2.40. The van der Waals surface area contributed by atoms with Gasteiger partial charge in [0.25, 0.3) is 0 Å². The summed E-state index contributed by atoms with van der Waals surface area (Å²) >= 11 is 0. The number of nitrogens with zero attached hydrogens (tertiary/aromatic N) is 2. The lowest BCUT2D eigenvalue weighted by Gasteiger charge is -2.34. The molecule has 1 saturated heterocycles. The number of anilines is 1. The van der Waals surface area contributed by atoms with Crippen molar-refractivity contribution < 1.29 is 19.0 Å². The van der Waals surface area contributed by atoms with Crippen LogP contribution in [0.15, 0.2) is 42.5 Å². The lowest BCUT2D eigenvalue weighted by molar-refractivity contribution is 0.150. The first-order valence-corrected chi connectivity index (χ1v) is 11.7. The van der Waals surface area contributed by atoms with Crippen molar-refractivity contribution >= 4 is 11.7 Å². The fraction of sp³-hybridized carbons (Fsp3) is 0.500. The number of likely N-dealkylation sites (tertiary alicyclic amines) is 1. The van der Waals surface area contributed by atoms with E-state index in [4.69, 9.17) is 14.2 Å². The zero-order valence-corrected chi connectivity index (χ0v) is 20.3. The lowest BCUT2D eigenvalue weighted by atomic mass is 10.0. The summed E-state index contributed by atoms with van der Waals surface area (Å²) in [6, 6.07) is 13.7. The van der Waals surface area contributed by atoms with Crippen molar-refractivity contribution in [3.63, 3.8) is 0 Å². The minimum atomic E-state index is -0.152. The fourth-order valence-corrected chi connectivity index (χ4v) is 4.35. The van der Waals surface area contributed by atoms with Crippen LogP contribution >= 0.6 is 0 Å². The van der Waals surface area contributed by atoms with Crippen molar-refractivity contribution in [3.05, 3.63) is 48.0 Å². The van der Waals surface area contributed by atoms with Crippen LogP contribution < -0.4 is 19.5 Å². The third kappa shape index (κ3) is 6.78. The van der Waals surface area contributed by atoms with Crippen LogP contribution in [0.2, 0.25) is 0 Å². The second kappa shape index (κ2) is 12.3. The highest BCUT2D eigenvalue weighted by molar-refractivity contribution is 5.91. The van der Waals surface area contributed by atoms with Crippen LogP contribution in [0.25, 0.3) is 0 Å². The zero-order valence-electron chi connectivity index (χ0n) is 20.3. The molecule has 1 fully saturated rings. The Bertz CT molecular complexity index is 905. The molecule has 1 aliphatic rings. The monoisotopic (exact) mass is 455 g/mol. The van der Waals surface area contributed by atoms with Crippen LogP contribution in [0.3, 0.4) is 0 Å². The highest BCUT2D eigenvalue weighted by atomic mass is 16.5. The standard InChI is InChI=1S/C26H37N3O4/c1-20-10-7-8-15-28(20)16-9-17-29(19-21-13-14-24(32-3)25(18-21)33-4)26(30)27-22-11-5-6-12-23(22)31-2/h5-6,11-14,18,20H,7-10,15-17,19H2,1-4H3,(H,27,30). The van der Waals surface area contributed by atoms with E-state index in [0.717, 1.165) is 25.1 Å². The molecule has 7 nitrogen and oxygen atoms in total. The van der Waals surface area contributed by atoms with Crippen molar-refractivity contribution in [2.75, 3.05) is 46.3 Å². The molecule has 33 heavy (non-hydrogen) atoms. The molecular weight excluding hydrogens is 418 g/mol. The fourth-order valence-electron chi connectivity index (χ4n) is 4.35. The third-order valence-corrected chi connectivity index (χ3v) is 6.27. The van der Waals surface area contributed by atoms with Crippen molar-refractivity contribution in [1.82, 2.24) is 9.80 Å². The number of hydrogen-bond acceptors (Lipinski definition) is 5. The summed E-state index contributed by atoms with van der Waals surface area (Å²) in [6.45, 7) is 5.56. The topological polar surface area (TPSA) is 63.3 Å². The number of benzene rings is 2. The molecule has 0 spiro atoms. The van der Waals surface area contributed by atoms with Gasteiger partial charge in [-0.1, -0.05) is 24.6 Å². The predicted octanol–water partition coefficient (Wildman–Crippen LogP) is 5.01. The molecule has 0 radical (unpaired) electrons. The second-order valence-corrected chi connectivity index (χ2v) is 8.48. The summed E-state index contributed by atoms with van der Waals surface area (Å²) < 4.78 is 16.2. The van der Waals surface area contributed by atoms with Crippen LogP contribution in [-0.2, 0) is 6.54 Å². The molecule has 7 heteroatoms. The van der Waals surface area contributed by atoms with Crippen molar-refractivity contribution in [3.8, 4) is 17.2 Å². The molecule has 0 saturated carbocycles. The van der Waals surface area contributed by atoms with E-state index in [1.165, 1.54) is 19.3 Å². The maximum absolute atomic E-state index is 13.3. The van der Waals surface area contributed by atoms with Gasteiger partial charge in [0, 0.05) is 25.7 Å². The van der Waals surface area contributed by atoms with Gasteiger partial charge in [-0.15, -0.1) is 0 Å². The van der Waals surface area contributed by atoms with E-state index in [1.54, 1.807) is 21.3 Å². The number of para-hydroxylation sites is 2. The molecule has 0 aliphatic carbocycles. The SMILES string of the molecule is COc1ccccc1NC(=O)N(CCCN1CCCCC1C)Cc1ccc(OC)c(OC)c1. The second-order valence-electron chi connectivity index (χ2n) is 8.48. The minimum absolute atomic E-state index is 0.152. The van der Waals surface area contributed by atoms with Gasteiger partial charge in [0.15, 0.2) is 11.5 Å². The maximum Gasteiger partial charge on any atom is 0.322 e. The summed E-state index contributed by atoms with van der Waals surface area (Å²) in [5.74, 6) is 1.96. The highest BCUT2D eigenvalue weighted by Crippen LogP contribution is 2.29. The number of carbonyl (C=O) groups is 1. The smallest absolute Gasteiger partial charge is 0.322 e. The van der Waals surface area contributed by atoms with Crippen LogP contribution in [-0.4, -0.2) is 62.8 Å². The summed E-state index contributed by atoms with van der Waals surface area (Å²) in [7, 11) is 4.84. The molecule has 1 atom stereocenters. The van der Waals surface area contributed by atoms with E-state index < -0.39 is 0 Å². The van der Waals surface area contributed by atoms with Crippen LogP contribution in [0.5, 0.6) is 17.2 Å². The predicted molar refractivity (Wildman–Crippen MR) is 131 cm³/mol. The number of amides is 2. The van der Waals surface area contributed by atoms with Crippen molar-refractivity contribution in [2.45, 2.75) is 45.2 Å². The molecule has 1 N–H and O–H groups in total. The molecule has 1 unspecified atom stereocenters. The van der Waals surface area contributed by atoms with Gasteiger partial charge in [0.2, 0.25) is 0 Å². The van der Waals surface area contributed by atoms with E-state index in [9.17, 15) is 4.79 Å². The molecule has 0 bridgehead atoms. The highest BCUT2D eigenvalue weighted by Gasteiger charge is 2.20. The quantitative estimate of drug-likeness (QED) is 0.546. The Morgan fingerprint density at radius 2 is 1.79 bits per heavy atom. The summed E-state index contributed by atoms with van der Waals surface area (Å²) in [5, 5.41) is 3.02. The van der Waals surface area contributed by atoms with E-state index in [-0.39, 0.29) is 6.03 Å². The van der Waals surface area contributed by atoms with Crippen molar-refractivity contribution in [2.24, 2.45) is 0 Å². The molecule has 3 rings (SSSR count). The number of rotatable bonds is 10. The van der Waals surface area contributed by atoms with E-state index in [0.29, 0.717) is 42.1 Å². The first-order valence-electron chi connectivity index (χ1n) is 11.7. The Morgan fingerprint density at radius 3 is 2.52 bits per heavy atom. The maximum atomic E-state index is 13.3. The van der Waals surface area contributed by atoms with Gasteiger partial charge in [-0.05, 0) is 62.6 Å². The van der Waals surface area contributed by atoms with Gasteiger partial charge >= 0.3 is 6.03 Å². The third-order valence-electron chi connectivity index (χ3n) is 6.27. The largest absolute Gasteiger partial charge is 0.495 e. The molecule has 0 aromatic heterocycles. The average Bonchev–Trinajstić information content (AvgIpc) is 2.84. The van der Waals surface area contributed by atoms with E-state index in [1.807, 2.05) is 47.4 Å². The molecule has 1 aliphatic heterocycles. The molecule has 2 aromatic rings. The number of carbonyl (C=O) groups excluding carboxylic acids is 1. The van der Waals surface area contributed by atoms with Crippen LogP contribution in [0, 0.1) is 0 Å².